The highest BCUT2D eigenvalue weighted by Gasteiger charge is 2.61. The second kappa shape index (κ2) is 7.59. The van der Waals surface area contributed by atoms with Gasteiger partial charge in [-0.05, 0) is 49.1 Å². The molecule has 0 radical (unpaired) electrons. The Bertz CT molecular complexity index is 990. The van der Waals surface area contributed by atoms with Gasteiger partial charge in [0.25, 0.3) is 5.91 Å². The highest BCUT2D eigenvalue weighted by atomic mass is 35.5. The van der Waals surface area contributed by atoms with Crippen LogP contribution < -0.4 is 9.80 Å². The fourth-order valence-electron chi connectivity index (χ4n) is 4.69. The number of anilines is 2. The molecule has 1 spiro atoms. The molecule has 1 atom stereocenters. The van der Waals surface area contributed by atoms with E-state index in [9.17, 15) is 9.59 Å². The molecule has 2 saturated heterocycles. The average Bonchev–Trinajstić information content (AvgIpc) is 3.22. The van der Waals surface area contributed by atoms with E-state index in [1.54, 1.807) is 17.0 Å². The van der Waals surface area contributed by atoms with E-state index in [4.69, 9.17) is 11.6 Å². The zero-order valence-corrected chi connectivity index (χ0v) is 18.5. The molecule has 0 bridgehead atoms. The van der Waals surface area contributed by atoms with Crippen molar-refractivity contribution in [2.45, 2.75) is 24.6 Å². The van der Waals surface area contributed by atoms with E-state index in [0.29, 0.717) is 17.4 Å². The van der Waals surface area contributed by atoms with Crippen molar-refractivity contribution in [2.75, 3.05) is 35.3 Å². The first kappa shape index (κ1) is 19.9. The van der Waals surface area contributed by atoms with Crippen LogP contribution in [0.3, 0.4) is 0 Å². The third-order valence-electron chi connectivity index (χ3n) is 6.37. The lowest BCUT2D eigenvalue weighted by atomic mass is 10.00. The van der Waals surface area contributed by atoms with Crippen LogP contribution >= 0.6 is 23.4 Å². The van der Waals surface area contributed by atoms with Gasteiger partial charge in [-0.15, -0.1) is 11.8 Å². The number of amides is 2. The minimum absolute atomic E-state index is 0.0341. The predicted octanol–water partition coefficient (Wildman–Crippen LogP) is 4.31. The first-order chi connectivity index (χ1) is 14.5. The third kappa shape index (κ3) is 3.04. The standard InChI is InChI=1S/C23H24ClN3O2S/c1-16-10-12-25(13-11-16)15-26-20-5-3-2-4-19(20)23(22(26)29)27(21(28)14-30-23)18-8-6-17(24)7-9-18/h2-9,16H,10-15H2,1H3/t23-/m0/s1. The van der Waals surface area contributed by atoms with Gasteiger partial charge in [0, 0.05) is 29.4 Å². The van der Waals surface area contributed by atoms with Gasteiger partial charge in [0.2, 0.25) is 10.8 Å². The van der Waals surface area contributed by atoms with Crippen LogP contribution in [0, 0.1) is 5.92 Å². The van der Waals surface area contributed by atoms with E-state index in [2.05, 4.69) is 11.8 Å². The largest absolute Gasteiger partial charge is 0.295 e. The van der Waals surface area contributed by atoms with E-state index in [0.717, 1.165) is 43.1 Å². The topological polar surface area (TPSA) is 43.9 Å². The number of hydrogen-bond acceptors (Lipinski definition) is 4. The molecule has 3 aliphatic heterocycles. The molecule has 30 heavy (non-hydrogen) atoms. The number of para-hydroxylation sites is 1. The van der Waals surface area contributed by atoms with Crippen LogP contribution in [0.15, 0.2) is 48.5 Å². The van der Waals surface area contributed by atoms with Crippen molar-refractivity contribution in [3.63, 3.8) is 0 Å². The maximum absolute atomic E-state index is 14.0. The van der Waals surface area contributed by atoms with Crippen LogP contribution in [0.25, 0.3) is 0 Å². The molecule has 0 N–H and O–H groups in total. The Morgan fingerprint density at radius 1 is 1.07 bits per heavy atom. The lowest BCUT2D eigenvalue weighted by molar-refractivity contribution is -0.124. The van der Waals surface area contributed by atoms with Crippen LogP contribution in [0.4, 0.5) is 11.4 Å². The van der Waals surface area contributed by atoms with Gasteiger partial charge >= 0.3 is 0 Å². The number of nitrogens with zero attached hydrogens (tertiary/aromatic N) is 3. The van der Waals surface area contributed by atoms with Crippen molar-refractivity contribution < 1.29 is 9.59 Å². The number of carbonyl (C=O) groups excluding carboxylic acids is 2. The Morgan fingerprint density at radius 2 is 1.77 bits per heavy atom. The minimum Gasteiger partial charge on any atom is -0.295 e. The number of rotatable bonds is 3. The van der Waals surface area contributed by atoms with Crippen LogP contribution in [0.5, 0.6) is 0 Å². The summed E-state index contributed by atoms with van der Waals surface area (Å²) in [5.74, 6) is 0.919. The number of likely N-dealkylation sites (tertiary alicyclic amines) is 1. The first-order valence-electron chi connectivity index (χ1n) is 10.4. The fraction of sp³-hybridized carbons (Fsp3) is 0.391. The molecule has 0 saturated carbocycles. The lowest BCUT2D eigenvalue weighted by Gasteiger charge is -2.35. The molecule has 5 rings (SSSR count). The molecule has 156 valence electrons. The molecule has 5 nitrogen and oxygen atoms in total. The van der Waals surface area contributed by atoms with Gasteiger partial charge in [-0.1, -0.05) is 36.7 Å². The van der Waals surface area contributed by atoms with E-state index in [1.807, 2.05) is 41.3 Å². The summed E-state index contributed by atoms with van der Waals surface area (Å²) >= 11 is 7.49. The molecule has 2 aromatic rings. The van der Waals surface area contributed by atoms with E-state index in [1.165, 1.54) is 11.8 Å². The normalized spacial score (nSPS) is 24.9. The number of carbonyl (C=O) groups is 2. The summed E-state index contributed by atoms with van der Waals surface area (Å²) in [5, 5.41) is 0.603. The molecule has 3 aliphatic rings. The lowest BCUT2D eigenvalue weighted by Crippen LogP contribution is -2.52. The predicted molar refractivity (Wildman–Crippen MR) is 122 cm³/mol. The van der Waals surface area contributed by atoms with Crippen molar-refractivity contribution >= 4 is 46.6 Å². The molecule has 2 amide bonds. The first-order valence-corrected chi connectivity index (χ1v) is 11.7. The second-order valence-electron chi connectivity index (χ2n) is 8.33. The Labute approximate surface area is 186 Å². The van der Waals surface area contributed by atoms with Crippen LogP contribution in [0.1, 0.15) is 25.3 Å². The number of halogens is 1. The second-order valence-corrected chi connectivity index (χ2v) is 9.94. The molecule has 0 aromatic heterocycles. The fourth-order valence-corrected chi connectivity index (χ4v) is 6.17. The number of piperidine rings is 1. The van der Waals surface area contributed by atoms with E-state index in [-0.39, 0.29) is 17.6 Å². The summed E-state index contributed by atoms with van der Waals surface area (Å²) in [6.45, 7) is 4.83. The number of benzene rings is 2. The van der Waals surface area contributed by atoms with Crippen molar-refractivity contribution in [2.24, 2.45) is 5.92 Å². The summed E-state index contributed by atoms with van der Waals surface area (Å²) in [4.78, 5) is 31.8. The highest BCUT2D eigenvalue weighted by molar-refractivity contribution is 8.02. The van der Waals surface area contributed by atoms with Crippen molar-refractivity contribution in [3.8, 4) is 0 Å². The van der Waals surface area contributed by atoms with Gasteiger partial charge in [-0.2, -0.15) is 0 Å². The molecule has 7 heteroatoms. The smallest absolute Gasteiger partial charge is 0.269 e. The summed E-state index contributed by atoms with van der Waals surface area (Å²) in [6, 6.07) is 15.1. The monoisotopic (exact) mass is 441 g/mol. The van der Waals surface area contributed by atoms with Gasteiger partial charge in [-0.25, -0.2) is 0 Å². The Balaban J connectivity index is 1.55. The van der Waals surface area contributed by atoms with Crippen LogP contribution in [-0.2, 0) is 14.5 Å². The zero-order chi connectivity index (χ0) is 20.9. The summed E-state index contributed by atoms with van der Waals surface area (Å²) in [7, 11) is 0. The van der Waals surface area contributed by atoms with Crippen molar-refractivity contribution in [1.82, 2.24) is 4.90 Å². The Kier molecular flexibility index (Phi) is 5.04. The third-order valence-corrected chi connectivity index (χ3v) is 8.00. The maximum Gasteiger partial charge on any atom is 0.269 e. The Hall–Kier alpha value is -2.02. The van der Waals surface area contributed by atoms with Crippen LogP contribution in [-0.4, -0.2) is 42.2 Å². The summed E-state index contributed by atoms with van der Waals surface area (Å²) < 4.78 is 0. The highest BCUT2D eigenvalue weighted by Crippen LogP contribution is 2.55. The molecule has 0 unspecified atom stereocenters. The Morgan fingerprint density at radius 3 is 2.50 bits per heavy atom. The van der Waals surface area contributed by atoms with Crippen LogP contribution in [0.2, 0.25) is 5.02 Å². The van der Waals surface area contributed by atoms with Crippen molar-refractivity contribution in [1.29, 1.82) is 0 Å². The molecule has 0 aliphatic carbocycles. The SMILES string of the molecule is CC1CCN(CN2C(=O)[C@@]3(SCC(=O)N3c3ccc(Cl)cc3)c3ccccc32)CC1. The van der Waals surface area contributed by atoms with E-state index < -0.39 is 4.87 Å². The van der Waals surface area contributed by atoms with Gasteiger partial charge in [-0.3, -0.25) is 24.3 Å². The average molecular weight is 442 g/mol. The molecule has 2 aromatic carbocycles. The zero-order valence-electron chi connectivity index (χ0n) is 16.9. The van der Waals surface area contributed by atoms with E-state index >= 15 is 0 Å². The van der Waals surface area contributed by atoms with Gasteiger partial charge in [0.15, 0.2) is 0 Å². The molecule has 2 fully saturated rings. The van der Waals surface area contributed by atoms with Gasteiger partial charge < -0.3 is 0 Å². The quantitative estimate of drug-likeness (QED) is 0.712. The number of hydrogen-bond donors (Lipinski definition) is 0. The molecular weight excluding hydrogens is 418 g/mol. The summed E-state index contributed by atoms with van der Waals surface area (Å²) in [5.41, 5.74) is 2.50. The van der Waals surface area contributed by atoms with Gasteiger partial charge in [0.05, 0.1) is 18.1 Å². The summed E-state index contributed by atoms with van der Waals surface area (Å²) in [6.07, 6.45) is 2.30. The van der Waals surface area contributed by atoms with Crippen molar-refractivity contribution in [3.05, 3.63) is 59.1 Å². The maximum atomic E-state index is 14.0. The number of fused-ring (bicyclic) bond motifs is 2. The molecule has 3 heterocycles. The minimum atomic E-state index is -1.05. The number of thioether (sulfide) groups is 1. The molecular formula is C23H24ClN3O2S. The van der Waals surface area contributed by atoms with Gasteiger partial charge in [0.1, 0.15) is 0 Å².